The quantitative estimate of drug-likeness (QED) is 0.907. The molecular weight excluding hydrogens is 321 g/mol. The Balaban J connectivity index is 2.24. The van der Waals surface area contributed by atoms with Crippen LogP contribution in [0, 0.1) is 5.82 Å². The normalized spacial score (nSPS) is 13.1. The zero-order valence-electron chi connectivity index (χ0n) is 13.0. The zero-order chi connectivity index (χ0) is 17.2. The molecule has 1 amide bonds. The number of carbonyl (C=O) groups is 1. The van der Waals surface area contributed by atoms with Crippen molar-refractivity contribution in [3.8, 4) is 0 Å². The molecule has 0 saturated heterocycles. The van der Waals surface area contributed by atoms with Crippen LogP contribution in [0.3, 0.4) is 0 Å². The Morgan fingerprint density at radius 2 is 1.96 bits per heavy atom. The highest BCUT2D eigenvalue weighted by Gasteiger charge is 2.30. The van der Waals surface area contributed by atoms with Gasteiger partial charge in [-0.05, 0) is 39.0 Å². The number of rotatable bonds is 5. The summed E-state index contributed by atoms with van der Waals surface area (Å²) in [5.74, 6) is -0.959. The molecule has 1 aromatic carbocycles. The van der Waals surface area contributed by atoms with Gasteiger partial charge in [-0.3, -0.25) is 4.79 Å². The van der Waals surface area contributed by atoms with E-state index in [1.54, 1.807) is 10.7 Å². The number of hydrogen-bond donors (Lipinski definition) is 1. The summed E-state index contributed by atoms with van der Waals surface area (Å²) in [6.45, 7) is 5.04. The van der Waals surface area contributed by atoms with Crippen LogP contribution in [-0.4, -0.2) is 29.4 Å². The molecule has 124 valence electrons. The number of amides is 1. The van der Waals surface area contributed by atoms with E-state index in [4.69, 9.17) is 0 Å². The van der Waals surface area contributed by atoms with Gasteiger partial charge in [-0.1, -0.05) is 6.07 Å². The van der Waals surface area contributed by atoms with E-state index in [-0.39, 0.29) is 10.9 Å². The Morgan fingerprint density at radius 1 is 1.26 bits per heavy atom. The first-order valence-electron chi connectivity index (χ1n) is 7.07. The fourth-order valence-corrected chi connectivity index (χ4v) is 3.34. The summed E-state index contributed by atoms with van der Waals surface area (Å²) in [5, 5.41) is 5.25. The van der Waals surface area contributed by atoms with Gasteiger partial charge in [-0.15, -0.1) is 0 Å². The molecule has 0 saturated carbocycles. The summed E-state index contributed by atoms with van der Waals surface area (Å²) in [6.07, 6.45) is 1.52. The Bertz CT molecular complexity index is 815. The van der Waals surface area contributed by atoms with Gasteiger partial charge in [0.1, 0.15) is 16.9 Å². The molecule has 1 heterocycles. The molecule has 2 rings (SSSR count). The molecule has 0 fully saturated rings. The fourth-order valence-electron chi connectivity index (χ4n) is 2.04. The van der Waals surface area contributed by atoms with Crippen LogP contribution in [0.15, 0.2) is 41.4 Å². The topological polar surface area (TPSA) is 81.1 Å². The van der Waals surface area contributed by atoms with E-state index in [2.05, 4.69) is 10.4 Å². The third-order valence-electron chi connectivity index (χ3n) is 3.37. The van der Waals surface area contributed by atoms with Crippen LogP contribution in [0.4, 0.5) is 10.2 Å². The minimum Gasteiger partial charge on any atom is -0.310 e. The van der Waals surface area contributed by atoms with Crippen molar-refractivity contribution >= 4 is 21.6 Å². The number of benzene rings is 1. The smallest absolute Gasteiger partial charge is 0.243 e. The van der Waals surface area contributed by atoms with Crippen LogP contribution in [0.2, 0.25) is 0 Å². The van der Waals surface area contributed by atoms with E-state index >= 15 is 0 Å². The SMILES string of the molecule is CC(C)n1nccc1NC(=O)[C@H](C)S(=O)(=O)c1cccc(F)c1. The molecule has 8 heteroatoms. The van der Waals surface area contributed by atoms with Gasteiger partial charge in [-0.25, -0.2) is 17.5 Å². The molecular formula is C15H18FN3O3S. The maximum absolute atomic E-state index is 13.2. The minimum absolute atomic E-state index is 0.00966. The van der Waals surface area contributed by atoms with Crippen molar-refractivity contribution in [3.05, 3.63) is 42.3 Å². The van der Waals surface area contributed by atoms with Gasteiger partial charge in [0.05, 0.1) is 11.1 Å². The van der Waals surface area contributed by atoms with Crippen molar-refractivity contribution in [1.29, 1.82) is 0 Å². The van der Waals surface area contributed by atoms with Crippen molar-refractivity contribution < 1.29 is 17.6 Å². The van der Waals surface area contributed by atoms with Crippen LogP contribution in [-0.2, 0) is 14.6 Å². The van der Waals surface area contributed by atoms with Gasteiger partial charge >= 0.3 is 0 Å². The molecule has 0 spiro atoms. The van der Waals surface area contributed by atoms with E-state index in [0.29, 0.717) is 5.82 Å². The average Bonchev–Trinajstić information content (AvgIpc) is 2.94. The van der Waals surface area contributed by atoms with Crippen molar-refractivity contribution in [3.63, 3.8) is 0 Å². The largest absolute Gasteiger partial charge is 0.310 e. The Kier molecular flexibility index (Phi) is 4.84. The lowest BCUT2D eigenvalue weighted by Crippen LogP contribution is -2.33. The van der Waals surface area contributed by atoms with Gasteiger partial charge in [0.2, 0.25) is 5.91 Å². The predicted octanol–water partition coefficient (Wildman–Crippen LogP) is 2.40. The first kappa shape index (κ1) is 17.1. The van der Waals surface area contributed by atoms with E-state index in [0.717, 1.165) is 12.1 Å². The Labute approximate surface area is 134 Å². The van der Waals surface area contributed by atoms with Gasteiger partial charge in [0, 0.05) is 12.1 Å². The summed E-state index contributed by atoms with van der Waals surface area (Å²) >= 11 is 0. The number of nitrogens with zero attached hydrogens (tertiary/aromatic N) is 2. The highest BCUT2D eigenvalue weighted by molar-refractivity contribution is 7.92. The van der Waals surface area contributed by atoms with Crippen molar-refractivity contribution in [1.82, 2.24) is 9.78 Å². The van der Waals surface area contributed by atoms with E-state index < -0.39 is 26.8 Å². The maximum Gasteiger partial charge on any atom is 0.243 e. The Morgan fingerprint density at radius 3 is 2.57 bits per heavy atom. The zero-order valence-corrected chi connectivity index (χ0v) is 13.8. The second-order valence-corrected chi connectivity index (χ2v) is 7.66. The lowest BCUT2D eigenvalue weighted by Gasteiger charge is -2.15. The Hall–Kier alpha value is -2.22. The first-order chi connectivity index (χ1) is 10.7. The van der Waals surface area contributed by atoms with Gasteiger partial charge in [-0.2, -0.15) is 5.10 Å². The van der Waals surface area contributed by atoms with Gasteiger partial charge in [0.15, 0.2) is 9.84 Å². The molecule has 0 radical (unpaired) electrons. The van der Waals surface area contributed by atoms with Crippen LogP contribution in [0.1, 0.15) is 26.8 Å². The predicted molar refractivity (Wildman–Crippen MR) is 84.3 cm³/mol. The summed E-state index contributed by atoms with van der Waals surface area (Å²) in [7, 11) is -3.98. The number of hydrogen-bond acceptors (Lipinski definition) is 4. The van der Waals surface area contributed by atoms with E-state index in [9.17, 15) is 17.6 Å². The van der Waals surface area contributed by atoms with Crippen LogP contribution in [0.5, 0.6) is 0 Å². The molecule has 0 aliphatic heterocycles. The molecule has 1 atom stereocenters. The third kappa shape index (κ3) is 3.58. The maximum atomic E-state index is 13.2. The molecule has 6 nitrogen and oxygen atoms in total. The minimum atomic E-state index is -3.98. The number of nitrogens with one attached hydrogen (secondary N) is 1. The number of sulfone groups is 1. The van der Waals surface area contributed by atoms with Crippen LogP contribution < -0.4 is 5.32 Å². The molecule has 1 N–H and O–H groups in total. The molecule has 23 heavy (non-hydrogen) atoms. The molecule has 1 aromatic heterocycles. The highest BCUT2D eigenvalue weighted by atomic mass is 32.2. The van der Waals surface area contributed by atoms with Crippen molar-refractivity contribution in [2.45, 2.75) is 37.0 Å². The first-order valence-corrected chi connectivity index (χ1v) is 8.62. The molecule has 0 bridgehead atoms. The fraction of sp³-hybridized carbons (Fsp3) is 0.333. The molecule has 0 aliphatic rings. The van der Waals surface area contributed by atoms with E-state index in [1.165, 1.54) is 25.3 Å². The van der Waals surface area contributed by atoms with E-state index in [1.807, 2.05) is 13.8 Å². The lowest BCUT2D eigenvalue weighted by atomic mass is 10.3. The van der Waals surface area contributed by atoms with Crippen LogP contribution in [0.25, 0.3) is 0 Å². The summed E-state index contributed by atoms with van der Waals surface area (Å²) in [5.41, 5.74) is 0. The third-order valence-corrected chi connectivity index (χ3v) is 5.43. The second kappa shape index (κ2) is 6.49. The lowest BCUT2D eigenvalue weighted by molar-refractivity contribution is -0.115. The number of halogens is 1. The average molecular weight is 339 g/mol. The number of anilines is 1. The highest BCUT2D eigenvalue weighted by Crippen LogP contribution is 2.19. The second-order valence-electron chi connectivity index (χ2n) is 5.39. The molecule has 0 unspecified atom stereocenters. The number of aromatic nitrogens is 2. The van der Waals surface area contributed by atoms with Crippen molar-refractivity contribution in [2.75, 3.05) is 5.32 Å². The van der Waals surface area contributed by atoms with Gasteiger partial charge in [0.25, 0.3) is 0 Å². The summed E-state index contributed by atoms with van der Waals surface area (Å²) in [6, 6.07) is 6.19. The van der Waals surface area contributed by atoms with Crippen LogP contribution >= 0.6 is 0 Å². The summed E-state index contributed by atoms with van der Waals surface area (Å²) < 4.78 is 39.6. The molecule has 2 aromatic rings. The molecule has 0 aliphatic carbocycles. The number of carbonyl (C=O) groups excluding carboxylic acids is 1. The van der Waals surface area contributed by atoms with Gasteiger partial charge < -0.3 is 5.32 Å². The standard InChI is InChI=1S/C15H18FN3O3S/c1-10(2)19-14(7-8-17-19)18-15(20)11(3)23(21,22)13-6-4-5-12(16)9-13/h4-11H,1-3H3,(H,18,20)/t11-/m0/s1. The monoisotopic (exact) mass is 339 g/mol. The van der Waals surface area contributed by atoms with Crippen molar-refractivity contribution in [2.24, 2.45) is 0 Å². The summed E-state index contributed by atoms with van der Waals surface area (Å²) in [4.78, 5) is 12.0.